The van der Waals surface area contributed by atoms with Gasteiger partial charge in [0, 0.05) is 6.04 Å². The average molecular weight is 320 g/mol. The molecule has 3 rings (SSSR count). The zero-order valence-electron chi connectivity index (χ0n) is 12.1. The number of hydrogen-bond donors (Lipinski definition) is 1. The smallest absolute Gasteiger partial charge is 0.0595 e. The lowest BCUT2D eigenvalue weighted by atomic mass is 9.93. The minimum Gasteiger partial charge on any atom is -0.310 e. The van der Waals surface area contributed by atoms with E-state index in [-0.39, 0.29) is 0 Å². The minimum absolute atomic E-state index is 0.431. The summed E-state index contributed by atoms with van der Waals surface area (Å²) in [4.78, 5) is 0. The van der Waals surface area contributed by atoms with E-state index in [1.54, 1.807) is 0 Å². The highest BCUT2D eigenvalue weighted by atomic mass is 35.5. The fourth-order valence-electron chi connectivity index (χ4n) is 3.33. The SMILES string of the molecule is CCNC1c2ccccc2CC1Cc1ccc(Cl)c(Cl)c1. The second-order valence-electron chi connectivity index (χ2n) is 5.65. The summed E-state index contributed by atoms with van der Waals surface area (Å²) in [5.41, 5.74) is 4.17. The van der Waals surface area contributed by atoms with Gasteiger partial charge in [-0.15, -0.1) is 0 Å². The maximum atomic E-state index is 6.14. The summed E-state index contributed by atoms with van der Waals surface area (Å²) < 4.78 is 0. The van der Waals surface area contributed by atoms with Crippen molar-refractivity contribution in [3.05, 3.63) is 69.2 Å². The highest BCUT2D eigenvalue weighted by Crippen LogP contribution is 2.38. The highest BCUT2D eigenvalue weighted by molar-refractivity contribution is 6.42. The second-order valence-corrected chi connectivity index (χ2v) is 6.47. The highest BCUT2D eigenvalue weighted by Gasteiger charge is 2.31. The molecule has 0 amide bonds. The standard InChI is InChI=1S/C18H19Cl2N/c1-2-21-18-14(11-13-5-3-4-6-15(13)18)9-12-7-8-16(19)17(20)10-12/h3-8,10,14,18,21H,2,9,11H2,1H3. The van der Waals surface area contributed by atoms with Crippen molar-refractivity contribution in [2.45, 2.75) is 25.8 Å². The summed E-state index contributed by atoms with van der Waals surface area (Å²) in [5, 5.41) is 4.90. The number of nitrogens with one attached hydrogen (secondary N) is 1. The van der Waals surface area contributed by atoms with Gasteiger partial charge in [0.15, 0.2) is 0 Å². The monoisotopic (exact) mass is 319 g/mol. The van der Waals surface area contributed by atoms with Crippen LogP contribution in [0, 0.1) is 5.92 Å². The minimum atomic E-state index is 0.431. The van der Waals surface area contributed by atoms with Gasteiger partial charge in [-0.2, -0.15) is 0 Å². The fraction of sp³-hybridized carbons (Fsp3) is 0.333. The van der Waals surface area contributed by atoms with Crippen LogP contribution in [-0.4, -0.2) is 6.54 Å². The lowest BCUT2D eigenvalue weighted by molar-refractivity contribution is 0.394. The third-order valence-corrected chi connectivity index (χ3v) is 4.99. The van der Waals surface area contributed by atoms with E-state index in [1.807, 2.05) is 12.1 Å². The normalized spacial score (nSPS) is 20.5. The van der Waals surface area contributed by atoms with Crippen molar-refractivity contribution in [2.24, 2.45) is 5.92 Å². The van der Waals surface area contributed by atoms with E-state index in [9.17, 15) is 0 Å². The first-order chi connectivity index (χ1) is 10.2. The molecule has 0 aliphatic heterocycles. The molecule has 0 radical (unpaired) electrons. The van der Waals surface area contributed by atoms with Crippen molar-refractivity contribution in [1.29, 1.82) is 0 Å². The first-order valence-electron chi connectivity index (χ1n) is 7.44. The van der Waals surface area contributed by atoms with Crippen LogP contribution in [0.25, 0.3) is 0 Å². The van der Waals surface area contributed by atoms with Crippen LogP contribution >= 0.6 is 23.2 Å². The van der Waals surface area contributed by atoms with Crippen molar-refractivity contribution < 1.29 is 0 Å². The molecule has 0 bridgehead atoms. The number of hydrogen-bond acceptors (Lipinski definition) is 1. The van der Waals surface area contributed by atoms with Crippen molar-refractivity contribution in [3.8, 4) is 0 Å². The molecule has 2 aromatic carbocycles. The molecular weight excluding hydrogens is 301 g/mol. The third-order valence-electron chi connectivity index (χ3n) is 4.25. The zero-order chi connectivity index (χ0) is 14.8. The summed E-state index contributed by atoms with van der Waals surface area (Å²) in [6.07, 6.45) is 2.14. The molecule has 3 heteroatoms. The molecule has 0 saturated heterocycles. The second kappa shape index (κ2) is 6.39. The van der Waals surface area contributed by atoms with Crippen LogP contribution in [0.3, 0.4) is 0 Å². The van der Waals surface area contributed by atoms with E-state index < -0.39 is 0 Å². The molecule has 21 heavy (non-hydrogen) atoms. The Morgan fingerprint density at radius 1 is 1.10 bits per heavy atom. The Balaban J connectivity index is 1.83. The molecule has 0 aromatic heterocycles. The van der Waals surface area contributed by atoms with Crippen LogP contribution < -0.4 is 5.32 Å². The first-order valence-corrected chi connectivity index (χ1v) is 8.19. The molecule has 2 aromatic rings. The maximum absolute atomic E-state index is 6.14. The van der Waals surface area contributed by atoms with Gasteiger partial charge in [0.25, 0.3) is 0 Å². The summed E-state index contributed by atoms with van der Waals surface area (Å²) in [5.74, 6) is 0.569. The number of fused-ring (bicyclic) bond motifs is 1. The zero-order valence-corrected chi connectivity index (χ0v) is 13.6. The van der Waals surface area contributed by atoms with Crippen molar-refractivity contribution in [3.63, 3.8) is 0 Å². The fourth-order valence-corrected chi connectivity index (χ4v) is 3.65. The molecule has 2 atom stereocenters. The summed E-state index contributed by atoms with van der Waals surface area (Å²) >= 11 is 12.1. The van der Waals surface area contributed by atoms with E-state index in [4.69, 9.17) is 23.2 Å². The number of rotatable bonds is 4. The van der Waals surface area contributed by atoms with Gasteiger partial charge in [0.1, 0.15) is 0 Å². The van der Waals surface area contributed by atoms with Gasteiger partial charge < -0.3 is 5.32 Å². The van der Waals surface area contributed by atoms with Crippen LogP contribution in [0.4, 0.5) is 0 Å². The van der Waals surface area contributed by atoms with E-state index in [2.05, 4.69) is 42.6 Å². The van der Waals surface area contributed by atoms with Crippen LogP contribution in [0.2, 0.25) is 10.0 Å². The van der Waals surface area contributed by atoms with Crippen LogP contribution in [-0.2, 0) is 12.8 Å². The van der Waals surface area contributed by atoms with Gasteiger partial charge in [-0.25, -0.2) is 0 Å². The largest absolute Gasteiger partial charge is 0.310 e. The van der Waals surface area contributed by atoms with E-state index >= 15 is 0 Å². The molecular formula is C18H19Cl2N. The molecule has 1 aliphatic carbocycles. The molecule has 2 unspecified atom stereocenters. The van der Waals surface area contributed by atoms with Crippen molar-refractivity contribution in [1.82, 2.24) is 5.32 Å². The first kappa shape index (κ1) is 14.9. The molecule has 0 heterocycles. The lowest BCUT2D eigenvalue weighted by Crippen LogP contribution is -2.26. The molecule has 110 valence electrons. The summed E-state index contributed by atoms with van der Waals surface area (Å²) in [7, 11) is 0. The Hall–Kier alpha value is -1.02. The Bertz CT molecular complexity index is 639. The molecule has 0 spiro atoms. The quantitative estimate of drug-likeness (QED) is 0.830. The predicted octanol–water partition coefficient (Wildman–Crippen LogP) is 5.06. The third kappa shape index (κ3) is 3.11. The van der Waals surface area contributed by atoms with E-state index in [0.29, 0.717) is 22.0 Å². The molecule has 1 aliphatic rings. The number of halogens is 2. The molecule has 0 saturated carbocycles. The Morgan fingerprint density at radius 2 is 1.90 bits per heavy atom. The average Bonchev–Trinajstić information content (AvgIpc) is 2.81. The van der Waals surface area contributed by atoms with Crippen molar-refractivity contribution in [2.75, 3.05) is 6.54 Å². The summed E-state index contributed by atoms with van der Waals surface area (Å²) in [6.45, 7) is 3.15. The summed E-state index contributed by atoms with van der Waals surface area (Å²) in [6, 6.07) is 15.2. The van der Waals surface area contributed by atoms with Gasteiger partial charge in [-0.1, -0.05) is 60.5 Å². The van der Waals surface area contributed by atoms with Gasteiger partial charge in [-0.05, 0) is 54.1 Å². The van der Waals surface area contributed by atoms with Crippen LogP contribution in [0.1, 0.15) is 29.7 Å². The predicted molar refractivity (Wildman–Crippen MR) is 90.2 cm³/mol. The van der Waals surface area contributed by atoms with Gasteiger partial charge in [0.05, 0.1) is 10.0 Å². The van der Waals surface area contributed by atoms with E-state index in [1.165, 1.54) is 16.7 Å². The van der Waals surface area contributed by atoms with Crippen LogP contribution in [0.5, 0.6) is 0 Å². The molecule has 0 fully saturated rings. The Kier molecular flexibility index (Phi) is 4.54. The lowest BCUT2D eigenvalue weighted by Gasteiger charge is -2.21. The molecule has 1 N–H and O–H groups in total. The Labute approximate surface area is 136 Å². The van der Waals surface area contributed by atoms with Gasteiger partial charge >= 0.3 is 0 Å². The van der Waals surface area contributed by atoms with Gasteiger partial charge in [0.2, 0.25) is 0 Å². The van der Waals surface area contributed by atoms with Crippen LogP contribution in [0.15, 0.2) is 42.5 Å². The van der Waals surface area contributed by atoms with Crippen molar-refractivity contribution >= 4 is 23.2 Å². The van der Waals surface area contributed by atoms with E-state index in [0.717, 1.165) is 19.4 Å². The maximum Gasteiger partial charge on any atom is 0.0595 e. The number of benzene rings is 2. The molecule has 1 nitrogen and oxygen atoms in total. The Morgan fingerprint density at radius 3 is 2.67 bits per heavy atom. The van der Waals surface area contributed by atoms with Gasteiger partial charge in [-0.3, -0.25) is 0 Å². The topological polar surface area (TPSA) is 12.0 Å².